The van der Waals surface area contributed by atoms with Crippen LogP contribution in [-0.4, -0.2) is 41.7 Å². The molecule has 1 heterocycles. The second-order valence-electron chi connectivity index (χ2n) is 5.15. The third-order valence-corrected chi connectivity index (χ3v) is 3.61. The molecule has 1 fully saturated rings. The maximum atomic E-state index is 12.2. The summed E-state index contributed by atoms with van der Waals surface area (Å²) in [5.41, 5.74) is -0.130. The van der Waals surface area contributed by atoms with Crippen molar-refractivity contribution >= 4 is 5.91 Å². The Balaban J connectivity index is 2.06. The van der Waals surface area contributed by atoms with Crippen molar-refractivity contribution in [3.63, 3.8) is 0 Å². The summed E-state index contributed by atoms with van der Waals surface area (Å²) in [5, 5.41) is 10.1. The van der Waals surface area contributed by atoms with E-state index in [1.165, 1.54) is 0 Å². The average molecular weight is 249 g/mol. The number of ether oxygens (including phenoxy) is 1. The molecule has 0 spiro atoms. The topological polar surface area (TPSA) is 49.8 Å². The van der Waals surface area contributed by atoms with E-state index in [2.05, 4.69) is 0 Å². The Morgan fingerprint density at radius 1 is 1.44 bits per heavy atom. The van der Waals surface area contributed by atoms with Crippen molar-refractivity contribution in [3.05, 3.63) is 29.8 Å². The van der Waals surface area contributed by atoms with Gasteiger partial charge in [-0.15, -0.1) is 0 Å². The number of benzene rings is 1. The van der Waals surface area contributed by atoms with Crippen molar-refractivity contribution in [1.29, 1.82) is 0 Å². The van der Waals surface area contributed by atoms with Crippen LogP contribution in [-0.2, 0) is 0 Å². The lowest BCUT2D eigenvalue weighted by molar-refractivity contribution is -0.110. The smallest absolute Gasteiger partial charge is 0.254 e. The van der Waals surface area contributed by atoms with E-state index in [1.807, 2.05) is 13.8 Å². The second-order valence-corrected chi connectivity index (χ2v) is 5.15. The van der Waals surface area contributed by atoms with E-state index >= 15 is 0 Å². The van der Waals surface area contributed by atoms with E-state index < -0.39 is 5.60 Å². The van der Waals surface area contributed by atoms with Crippen LogP contribution in [0, 0.1) is 5.92 Å². The summed E-state index contributed by atoms with van der Waals surface area (Å²) in [5.74, 6) is 0.770. The highest BCUT2D eigenvalue weighted by Gasteiger charge is 2.45. The third kappa shape index (κ3) is 2.20. The molecule has 1 aromatic rings. The molecule has 0 bridgehead atoms. The molecule has 1 aromatic carbocycles. The zero-order valence-electron chi connectivity index (χ0n) is 11.0. The molecule has 0 aromatic heterocycles. The van der Waals surface area contributed by atoms with Crippen molar-refractivity contribution in [2.75, 3.05) is 20.2 Å². The first-order valence-corrected chi connectivity index (χ1v) is 6.12. The minimum absolute atomic E-state index is 0.0563. The summed E-state index contributed by atoms with van der Waals surface area (Å²) in [6.07, 6.45) is 0. The molecule has 0 saturated carbocycles. The molecule has 98 valence electrons. The van der Waals surface area contributed by atoms with Crippen LogP contribution in [0.15, 0.2) is 24.3 Å². The Morgan fingerprint density at radius 2 is 2.11 bits per heavy atom. The van der Waals surface area contributed by atoms with Crippen molar-refractivity contribution in [3.8, 4) is 5.75 Å². The predicted octanol–water partition coefficient (Wildman–Crippen LogP) is 1.54. The Kier molecular flexibility index (Phi) is 3.30. The number of nitrogens with zero attached hydrogens (tertiary/aromatic N) is 1. The zero-order valence-corrected chi connectivity index (χ0v) is 11.0. The number of methoxy groups -OCH3 is 1. The highest BCUT2D eigenvalue weighted by molar-refractivity contribution is 5.95. The Morgan fingerprint density at radius 3 is 2.67 bits per heavy atom. The molecule has 4 nitrogen and oxygen atoms in total. The van der Waals surface area contributed by atoms with E-state index in [0.29, 0.717) is 24.4 Å². The van der Waals surface area contributed by atoms with E-state index in [1.54, 1.807) is 36.3 Å². The summed E-state index contributed by atoms with van der Waals surface area (Å²) in [4.78, 5) is 13.8. The fraction of sp³-hybridized carbons (Fsp3) is 0.500. The molecule has 1 amide bonds. The largest absolute Gasteiger partial charge is 0.497 e. The second kappa shape index (κ2) is 4.61. The maximum absolute atomic E-state index is 12.2. The van der Waals surface area contributed by atoms with E-state index in [-0.39, 0.29) is 11.8 Å². The first-order valence-electron chi connectivity index (χ1n) is 6.12. The van der Waals surface area contributed by atoms with Crippen molar-refractivity contribution in [2.24, 2.45) is 5.92 Å². The summed E-state index contributed by atoms with van der Waals surface area (Å²) in [6.45, 7) is 4.74. The Bertz CT molecular complexity index is 450. The first-order chi connectivity index (χ1) is 8.46. The third-order valence-electron chi connectivity index (χ3n) is 3.61. The van der Waals surface area contributed by atoms with Gasteiger partial charge in [0.25, 0.3) is 5.91 Å². The molecule has 0 unspecified atom stereocenters. The Hall–Kier alpha value is -1.55. The lowest BCUT2D eigenvalue weighted by atomic mass is 9.82. The summed E-state index contributed by atoms with van der Waals surface area (Å²) in [7, 11) is 1.57. The van der Waals surface area contributed by atoms with Crippen LogP contribution < -0.4 is 4.74 Å². The highest BCUT2D eigenvalue weighted by Crippen LogP contribution is 2.30. The zero-order chi connectivity index (χ0) is 13.3. The molecular formula is C14H19NO3. The molecule has 0 radical (unpaired) electrons. The molecule has 0 aliphatic carbocycles. The van der Waals surface area contributed by atoms with Crippen molar-refractivity contribution < 1.29 is 14.6 Å². The van der Waals surface area contributed by atoms with Crippen LogP contribution in [0.25, 0.3) is 0 Å². The molecule has 1 saturated heterocycles. The number of aliphatic hydroxyl groups is 1. The fourth-order valence-electron chi connectivity index (χ4n) is 2.06. The van der Waals surface area contributed by atoms with Gasteiger partial charge in [-0.2, -0.15) is 0 Å². The number of carbonyl (C=O) groups is 1. The van der Waals surface area contributed by atoms with Gasteiger partial charge in [0, 0.05) is 5.56 Å². The van der Waals surface area contributed by atoms with Crippen LogP contribution in [0.1, 0.15) is 24.2 Å². The lowest BCUT2D eigenvalue weighted by Crippen LogP contribution is -2.65. The molecule has 1 N–H and O–H groups in total. The molecular weight excluding hydrogens is 230 g/mol. The molecule has 4 heteroatoms. The number of hydrogen-bond acceptors (Lipinski definition) is 3. The summed E-state index contributed by atoms with van der Waals surface area (Å²) >= 11 is 0. The molecule has 0 atom stereocenters. The molecule has 1 aliphatic rings. The number of carbonyl (C=O) groups excluding carboxylic acids is 1. The number of β-amino-alcohol motifs (C(OH)–C–C–N with tert-alkyl or cyclic N) is 1. The average Bonchev–Trinajstić information content (AvgIpc) is 2.34. The van der Waals surface area contributed by atoms with Gasteiger partial charge in [-0.25, -0.2) is 0 Å². The van der Waals surface area contributed by atoms with Gasteiger partial charge in [-0.05, 0) is 24.1 Å². The van der Waals surface area contributed by atoms with Crippen molar-refractivity contribution in [2.45, 2.75) is 19.4 Å². The minimum Gasteiger partial charge on any atom is -0.497 e. The first kappa shape index (κ1) is 12.9. The molecule has 2 rings (SSSR count). The van der Waals surface area contributed by atoms with E-state index in [0.717, 1.165) is 0 Å². The minimum atomic E-state index is -0.728. The van der Waals surface area contributed by atoms with Gasteiger partial charge in [0.2, 0.25) is 0 Å². The van der Waals surface area contributed by atoms with Crippen LogP contribution in [0.5, 0.6) is 5.75 Å². The quantitative estimate of drug-likeness (QED) is 0.884. The molecule has 1 aliphatic heterocycles. The normalized spacial score (nSPS) is 17.5. The Labute approximate surface area is 107 Å². The van der Waals surface area contributed by atoms with Gasteiger partial charge in [-0.1, -0.05) is 19.9 Å². The monoisotopic (exact) mass is 249 g/mol. The molecule has 18 heavy (non-hydrogen) atoms. The number of amides is 1. The fourth-order valence-corrected chi connectivity index (χ4v) is 2.06. The van der Waals surface area contributed by atoms with Gasteiger partial charge in [-0.3, -0.25) is 4.79 Å². The van der Waals surface area contributed by atoms with Gasteiger partial charge in [0.1, 0.15) is 11.4 Å². The van der Waals surface area contributed by atoms with Crippen molar-refractivity contribution in [1.82, 2.24) is 4.90 Å². The van der Waals surface area contributed by atoms with Gasteiger partial charge in [0.05, 0.1) is 20.2 Å². The SMILES string of the molecule is COc1cccc(C(=O)N2CC(O)(C(C)C)C2)c1. The highest BCUT2D eigenvalue weighted by atomic mass is 16.5. The van der Waals surface area contributed by atoms with Gasteiger partial charge < -0.3 is 14.7 Å². The predicted molar refractivity (Wildman–Crippen MR) is 68.7 cm³/mol. The van der Waals surface area contributed by atoms with Gasteiger partial charge >= 0.3 is 0 Å². The van der Waals surface area contributed by atoms with E-state index in [4.69, 9.17) is 4.74 Å². The standard InChI is InChI=1S/C14H19NO3/c1-10(2)14(17)8-15(9-14)13(16)11-5-4-6-12(7-11)18-3/h4-7,10,17H,8-9H2,1-3H3. The van der Waals surface area contributed by atoms with Crippen LogP contribution in [0.4, 0.5) is 0 Å². The van der Waals surface area contributed by atoms with Crippen LogP contribution in [0.2, 0.25) is 0 Å². The number of likely N-dealkylation sites (tertiary alicyclic amines) is 1. The number of rotatable bonds is 3. The van der Waals surface area contributed by atoms with Gasteiger partial charge in [0.15, 0.2) is 0 Å². The lowest BCUT2D eigenvalue weighted by Gasteiger charge is -2.49. The maximum Gasteiger partial charge on any atom is 0.254 e. The van der Waals surface area contributed by atoms with Crippen LogP contribution in [0.3, 0.4) is 0 Å². The number of hydrogen-bond donors (Lipinski definition) is 1. The summed E-state index contributed by atoms with van der Waals surface area (Å²) in [6, 6.07) is 7.07. The summed E-state index contributed by atoms with van der Waals surface area (Å²) < 4.78 is 5.10. The van der Waals surface area contributed by atoms with Crippen LogP contribution >= 0.6 is 0 Å². The van der Waals surface area contributed by atoms with E-state index in [9.17, 15) is 9.90 Å².